The number of hydrogen-bond donors (Lipinski definition) is 2. The molecule has 0 spiro atoms. The quantitative estimate of drug-likeness (QED) is 0.730. The number of amides is 3. The van der Waals surface area contributed by atoms with E-state index < -0.39 is 0 Å². The van der Waals surface area contributed by atoms with Crippen molar-refractivity contribution in [2.24, 2.45) is 0 Å². The number of nitrogens with zero attached hydrogens (tertiary/aromatic N) is 2. The summed E-state index contributed by atoms with van der Waals surface area (Å²) in [6.07, 6.45) is 9.90. The number of rotatable bonds is 4. The number of carbonyl (C=O) groups excluding carboxylic acids is 2. The van der Waals surface area contributed by atoms with E-state index in [1.807, 2.05) is 39.3 Å². The van der Waals surface area contributed by atoms with Gasteiger partial charge in [0.1, 0.15) is 5.69 Å². The highest BCUT2D eigenvalue weighted by atomic mass is 16.2. The Labute approximate surface area is 184 Å². The lowest BCUT2D eigenvalue weighted by atomic mass is 9.90. The van der Waals surface area contributed by atoms with Gasteiger partial charge in [-0.2, -0.15) is 0 Å². The lowest BCUT2D eigenvalue weighted by Crippen LogP contribution is -2.48. The second-order valence-electron chi connectivity index (χ2n) is 8.92. The van der Waals surface area contributed by atoms with Gasteiger partial charge in [0.25, 0.3) is 5.91 Å². The molecule has 4 rings (SSSR count). The van der Waals surface area contributed by atoms with E-state index in [9.17, 15) is 9.59 Å². The standard InChI is InChI=1S/C25H32N4O2/c1-17-12-23(26-14-17)24(30)27-22-11-10-19(20-15-28(2)25(31)29(3)16-20)13-21(22)18-8-6-4-5-7-9-18/h8,10-14,20,26H,4-7,9,15-16H2,1-3H3,(H,27,30). The lowest BCUT2D eigenvalue weighted by Gasteiger charge is -2.36. The van der Waals surface area contributed by atoms with Gasteiger partial charge >= 0.3 is 6.03 Å². The molecule has 2 aromatic rings. The molecule has 0 saturated carbocycles. The molecule has 1 aromatic heterocycles. The summed E-state index contributed by atoms with van der Waals surface area (Å²) in [5.74, 6) is 0.118. The number of H-pyrrole nitrogens is 1. The molecule has 164 valence electrons. The molecule has 2 heterocycles. The highest BCUT2D eigenvalue weighted by Gasteiger charge is 2.28. The van der Waals surface area contributed by atoms with Gasteiger partial charge in [0.15, 0.2) is 0 Å². The Hall–Kier alpha value is -3.02. The van der Waals surface area contributed by atoms with Gasteiger partial charge in [0.2, 0.25) is 0 Å². The fourth-order valence-electron chi connectivity index (χ4n) is 4.65. The van der Waals surface area contributed by atoms with E-state index in [2.05, 4.69) is 28.5 Å². The first kappa shape index (κ1) is 21.2. The summed E-state index contributed by atoms with van der Waals surface area (Å²) in [6.45, 7) is 3.37. The number of aromatic amines is 1. The second kappa shape index (κ2) is 9.00. The predicted molar refractivity (Wildman–Crippen MR) is 124 cm³/mol. The highest BCUT2D eigenvalue weighted by molar-refractivity contribution is 6.04. The zero-order chi connectivity index (χ0) is 22.0. The van der Waals surface area contributed by atoms with Crippen LogP contribution < -0.4 is 5.32 Å². The number of hydrogen-bond acceptors (Lipinski definition) is 2. The van der Waals surface area contributed by atoms with Crippen LogP contribution in [0.1, 0.15) is 65.2 Å². The normalized spacial score (nSPS) is 18.0. The van der Waals surface area contributed by atoms with Crippen molar-refractivity contribution in [3.05, 3.63) is 58.9 Å². The molecule has 3 amide bonds. The molecule has 6 nitrogen and oxygen atoms in total. The minimum atomic E-state index is -0.126. The molecule has 31 heavy (non-hydrogen) atoms. The maximum atomic E-state index is 12.8. The number of aromatic nitrogens is 1. The molecule has 2 N–H and O–H groups in total. The average molecular weight is 421 g/mol. The Bertz CT molecular complexity index is 993. The van der Waals surface area contributed by atoms with Gasteiger partial charge in [-0.05, 0) is 67.5 Å². The van der Waals surface area contributed by atoms with Gasteiger partial charge in [-0.1, -0.05) is 18.6 Å². The average Bonchev–Trinajstić information content (AvgIpc) is 3.02. The number of aryl methyl sites for hydroxylation is 1. The molecule has 2 aliphatic rings. The molecule has 1 saturated heterocycles. The van der Waals surface area contributed by atoms with Crippen molar-refractivity contribution < 1.29 is 9.59 Å². The first-order valence-corrected chi connectivity index (χ1v) is 11.2. The summed E-state index contributed by atoms with van der Waals surface area (Å²) in [6, 6.07) is 8.28. The summed E-state index contributed by atoms with van der Waals surface area (Å²) in [5.41, 5.74) is 6.08. The molecule has 1 aliphatic heterocycles. The second-order valence-corrected chi connectivity index (χ2v) is 8.92. The van der Waals surface area contributed by atoms with Gasteiger partial charge in [-0.15, -0.1) is 0 Å². The molecular weight excluding hydrogens is 388 g/mol. The Morgan fingerprint density at radius 1 is 1.10 bits per heavy atom. The van der Waals surface area contributed by atoms with Crippen LogP contribution in [0.15, 0.2) is 36.5 Å². The third-order valence-corrected chi connectivity index (χ3v) is 6.36. The fourth-order valence-corrected chi connectivity index (χ4v) is 4.65. The molecule has 1 fully saturated rings. The van der Waals surface area contributed by atoms with Crippen LogP contribution in [0.5, 0.6) is 0 Å². The van der Waals surface area contributed by atoms with Crippen LogP contribution in [0.25, 0.3) is 5.57 Å². The van der Waals surface area contributed by atoms with Crippen LogP contribution in [0.4, 0.5) is 10.5 Å². The first-order chi connectivity index (χ1) is 14.9. The molecule has 1 aromatic carbocycles. The van der Waals surface area contributed by atoms with Gasteiger partial charge in [0, 0.05) is 50.6 Å². The topological polar surface area (TPSA) is 68.4 Å². The van der Waals surface area contributed by atoms with Crippen molar-refractivity contribution in [1.82, 2.24) is 14.8 Å². The lowest BCUT2D eigenvalue weighted by molar-refractivity contribution is 0.102. The minimum absolute atomic E-state index is 0.0630. The largest absolute Gasteiger partial charge is 0.357 e. The Kier molecular flexibility index (Phi) is 6.16. The van der Waals surface area contributed by atoms with Crippen LogP contribution in [0.3, 0.4) is 0 Å². The number of benzene rings is 1. The smallest absolute Gasteiger partial charge is 0.319 e. The fraction of sp³-hybridized carbons (Fsp3) is 0.440. The van der Waals surface area contributed by atoms with Crippen LogP contribution in [-0.4, -0.2) is 53.9 Å². The molecule has 0 unspecified atom stereocenters. The van der Waals surface area contributed by atoms with E-state index in [0.29, 0.717) is 18.8 Å². The van der Waals surface area contributed by atoms with Crippen LogP contribution in [-0.2, 0) is 0 Å². The van der Waals surface area contributed by atoms with Crippen molar-refractivity contribution in [3.8, 4) is 0 Å². The van der Waals surface area contributed by atoms with Gasteiger partial charge in [-0.25, -0.2) is 4.79 Å². The van der Waals surface area contributed by atoms with E-state index in [1.165, 1.54) is 30.4 Å². The number of nitrogens with one attached hydrogen (secondary N) is 2. The summed E-state index contributed by atoms with van der Waals surface area (Å²) < 4.78 is 0. The monoisotopic (exact) mass is 420 g/mol. The van der Waals surface area contributed by atoms with Gasteiger partial charge in [0.05, 0.1) is 0 Å². The van der Waals surface area contributed by atoms with Crippen molar-refractivity contribution in [1.29, 1.82) is 0 Å². The zero-order valence-electron chi connectivity index (χ0n) is 18.7. The van der Waals surface area contributed by atoms with E-state index >= 15 is 0 Å². The number of urea groups is 1. The van der Waals surface area contributed by atoms with Crippen LogP contribution in [0, 0.1) is 6.92 Å². The van der Waals surface area contributed by atoms with Gasteiger partial charge < -0.3 is 20.1 Å². The maximum Gasteiger partial charge on any atom is 0.319 e. The van der Waals surface area contributed by atoms with Gasteiger partial charge in [-0.3, -0.25) is 4.79 Å². The number of carbonyl (C=O) groups is 2. The molecule has 0 bridgehead atoms. The number of anilines is 1. The number of likely N-dealkylation sites (N-methyl/N-ethyl adjacent to an activating group) is 2. The van der Waals surface area contributed by atoms with E-state index in [4.69, 9.17) is 0 Å². The van der Waals surface area contributed by atoms with Crippen LogP contribution >= 0.6 is 0 Å². The Morgan fingerprint density at radius 2 is 1.87 bits per heavy atom. The van der Waals surface area contributed by atoms with Crippen molar-refractivity contribution in [2.45, 2.75) is 44.9 Å². The summed E-state index contributed by atoms with van der Waals surface area (Å²) in [4.78, 5) is 31.6. The molecule has 0 radical (unpaired) electrons. The Balaban J connectivity index is 1.67. The zero-order valence-corrected chi connectivity index (χ0v) is 18.7. The van der Waals surface area contributed by atoms with Crippen molar-refractivity contribution in [3.63, 3.8) is 0 Å². The SMILES string of the molecule is Cc1c[nH]c(C(=O)Nc2ccc(C3CN(C)C(=O)N(C)C3)cc2C2=CCCCCC2)c1. The highest BCUT2D eigenvalue weighted by Crippen LogP contribution is 2.34. The summed E-state index contributed by atoms with van der Waals surface area (Å²) >= 11 is 0. The summed E-state index contributed by atoms with van der Waals surface area (Å²) in [5, 5.41) is 3.13. The van der Waals surface area contributed by atoms with Crippen LogP contribution in [0.2, 0.25) is 0 Å². The number of allylic oxidation sites excluding steroid dienone is 2. The molecule has 1 aliphatic carbocycles. The summed E-state index contributed by atoms with van der Waals surface area (Å²) in [7, 11) is 3.71. The molecule has 6 heteroatoms. The van der Waals surface area contributed by atoms with E-state index in [-0.39, 0.29) is 17.9 Å². The Morgan fingerprint density at radius 3 is 2.58 bits per heavy atom. The predicted octanol–water partition coefficient (Wildman–Crippen LogP) is 5.00. The minimum Gasteiger partial charge on any atom is -0.357 e. The van der Waals surface area contributed by atoms with E-state index in [1.54, 1.807) is 9.80 Å². The van der Waals surface area contributed by atoms with E-state index in [0.717, 1.165) is 29.7 Å². The maximum absolute atomic E-state index is 12.8. The van der Waals surface area contributed by atoms with Crippen molar-refractivity contribution >= 4 is 23.2 Å². The van der Waals surface area contributed by atoms with Crippen molar-refractivity contribution in [2.75, 3.05) is 32.5 Å². The third kappa shape index (κ3) is 4.68. The molecular formula is C25H32N4O2. The third-order valence-electron chi connectivity index (χ3n) is 6.36. The first-order valence-electron chi connectivity index (χ1n) is 11.2. The molecule has 0 atom stereocenters.